The molecular weight excluding hydrogens is 202 g/mol. The first kappa shape index (κ1) is 13.9. The van der Waals surface area contributed by atoms with Crippen LogP contribution in [0.1, 0.15) is 47.0 Å². The molecule has 16 heavy (non-hydrogen) atoms. The average Bonchev–Trinajstić information content (AvgIpc) is 2.94. The highest BCUT2D eigenvalue weighted by molar-refractivity contribution is 4.78. The summed E-state index contributed by atoms with van der Waals surface area (Å²) in [6.07, 6.45) is 3.62. The minimum Gasteiger partial charge on any atom is -0.389 e. The van der Waals surface area contributed by atoms with Crippen LogP contribution in [0.4, 0.5) is 0 Å². The van der Waals surface area contributed by atoms with Gasteiger partial charge in [0.1, 0.15) is 0 Å². The van der Waals surface area contributed by atoms with Gasteiger partial charge in [0.15, 0.2) is 0 Å². The first-order valence-electron chi connectivity index (χ1n) is 6.42. The van der Waals surface area contributed by atoms with Crippen LogP contribution in [0.15, 0.2) is 0 Å². The number of hydrogen-bond donors (Lipinski definition) is 2. The molecule has 0 heterocycles. The lowest BCUT2D eigenvalue weighted by molar-refractivity contribution is -0.0483. The zero-order valence-corrected chi connectivity index (χ0v) is 11.1. The molecule has 0 radical (unpaired) electrons. The van der Waals surface area contributed by atoms with Crippen molar-refractivity contribution < 1.29 is 9.84 Å². The largest absolute Gasteiger partial charge is 0.389 e. The number of aliphatic hydroxyl groups is 1. The van der Waals surface area contributed by atoms with Crippen molar-refractivity contribution in [3.8, 4) is 0 Å². The van der Waals surface area contributed by atoms with Gasteiger partial charge in [-0.05, 0) is 40.0 Å². The third-order valence-corrected chi connectivity index (χ3v) is 2.79. The van der Waals surface area contributed by atoms with Gasteiger partial charge in [-0.2, -0.15) is 0 Å². The van der Waals surface area contributed by atoms with E-state index >= 15 is 0 Å². The third-order valence-electron chi connectivity index (χ3n) is 2.79. The highest BCUT2D eigenvalue weighted by Gasteiger charge is 2.23. The van der Waals surface area contributed by atoms with Crippen molar-refractivity contribution in [3.05, 3.63) is 0 Å². The molecule has 0 aromatic heterocycles. The fourth-order valence-electron chi connectivity index (χ4n) is 1.68. The van der Waals surface area contributed by atoms with Crippen LogP contribution < -0.4 is 5.32 Å². The molecule has 3 heteroatoms. The second-order valence-electron chi connectivity index (χ2n) is 6.07. The molecule has 0 bridgehead atoms. The lowest BCUT2D eigenvalue weighted by Gasteiger charge is -2.23. The SMILES string of the molecule is CC(CC1CC1)NCC(O)COC(C)(C)C. The molecule has 2 N–H and O–H groups in total. The summed E-state index contributed by atoms with van der Waals surface area (Å²) in [5.41, 5.74) is -0.166. The van der Waals surface area contributed by atoms with Gasteiger partial charge in [0, 0.05) is 12.6 Å². The summed E-state index contributed by atoms with van der Waals surface area (Å²) >= 11 is 0. The first-order chi connectivity index (χ1) is 7.37. The molecule has 0 saturated heterocycles. The minimum atomic E-state index is -0.402. The molecule has 1 fully saturated rings. The van der Waals surface area contributed by atoms with Crippen LogP contribution in [0, 0.1) is 5.92 Å². The molecule has 0 amide bonds. The molecule has 1 aliphatic rings. The zero-order valence-electron chi connectivity index (χ0n) is 11.1. The van der Waals surface area contributed by atoms with Crippen molar-refractivity contribution in [1.29, 1.82) is 0 Å². The normalized spacial score (nSPS) is 20.8. The molecule has 0 aliphatic heterocycles. The molecule has 1 aliphatic carbocycles. The topological polar surface area (TPSA) is 41.5 Å². The van der Waals surface area contributed by atoms with E-state index in [2.05, 4.69) is 12.2 Å². The van der Waals surface area contributed by atoms with E-state index in [9.17, 15) is 5.11 Å². The number of rotatable bonds is 7. The number of aliphatic hydroxyl groups excluding tert-OH is 1. The molecule has 1 rings (SSSR count). The number of nitrogens with one attached hydrogen (secondary N) is 1. The van der Waals surface area contributed by atoms with Crippen LogP contribution in [-0.2, 0) is 4.74 Å². The van der Waals surface area contributed by atoms with E-state index in [4.69, 9.17) is 4.74 Å². The van der Waals surface area contributed by atoms with Crippen LogP contribution in [0.25, 0.3) is 0 Å². The molecule has 0 spiro atoms. The van der Waals surface area contributed by atoms with E-state index < -0.39 is 6.10 Å². The predicted molar refractivity (Wildman–Crippen MR) is 66.5 cm³/mol. The van der Waals surface area contributed by atoms with Gasteiger partial charge < -0.3 is 15.2 Å². The van der Waals surface area contributed by atoms with E-state index in [-0.39, 0.29) is 5.60 Å². The number of hydrogen-bond acceptors (Lipinski definition) is 3. The lowest BCUT2D eigenvalue weighted by Crippen LogP contribution is -2.37. The van der Waals surface area contributed by atoms with Crippen LogP contribution in [0.2, 0.25) is 0 Å². The van der Waals surface area contributed by atoms with Crippen molar-refractivity contribution in [2.75, 3.05) is 13.2 Å². The molecule has 0 aromatic carbocycles. The monoisotopic (exact) mass is 229 g/mol. The van der Waals surface area contributed by atoms with Gasteiger partial charge in [0.25, 0.3) is 0 Å². The Morgan fingerprint density at radius 1 is 1.38 bits per heavy atom. The van der Waals surface area contributed by atoms with Gasteiger partial charge >= 0.3 is 0 Å². The standard InChI is InChI=1S/C13H27NO2/c1-10(7-11-5-6-11)14-8-12(15)9-16-13(2,3)4/h10-12,14-15H,5-9H2,1-4H3. The van der Waals surface area contributed by atoms with Crippen molar-refractivity contribution in [2.24, 2.45) is 5.92 Å². The van der Waals surface area contributed by atoms with Crippen molar-refractivity contribution in [3.63, 3.8) is 0 Å². The molecule has 0 aromatic rings. The highest BCUT2D eigenvalue weighted by Crippen LogP contribution is 2.33. The summed E-state index contributed by atoms with van der Waals surface area (Å²) in [5.74, 6) is 0.936. The second kappa shape index (κ2) is 5.99. The average molecular weight is 229 g/mol. The Morgan fingerprint density at radius 2 is 2.00 bits per heavy atom. The quantitative estimate of drug-likeness (QED) is 0.701. The Balaban J connectivity index is 2.02. The van der Waals surface area contributed by atoms with Gasteiger partial charge in [-0.3, -0.25) is 0 Å². The van der Waals surface area contributed by atoms with Crippen LogP contribution in [-0.4, -0.2) is 36.0 Å². The molecule has 2 unspecified atom stereocenters. The molecule has 3 nitrogen and oxygen atoms in total. The Morgan fingerprint density at radius 3 is 2.50 bits per heavy atom. The summed E-state index contributed by atoms with van der Waals surface area (Å²) < 4.78 is 5.53. The Labute approximate surface area is 99.6 Å². The van der Waals surface area contributed by atoms with Gasteiger partial charge in [-0.25, -0.2) is 0 Å². The number of ether oxygens (including phenoxy) is 1. The molecular formula is C13H27NO2. The fraction of sp³-hybridized carbons (Fsp3) is 1.00. The van der Waals surface area contributed by atoms with Crippen LogP contribution >= 0.6 is 0 Å². The molecule has 2 atom stereocenters. The summed E-state index contributed by atoms with van der Waals surface area (Å²) in [6.45, 7) is 9.24. The summed E-state index contributed by atoms with van der Waals surface area (Å²) in [6, 6.07) is 0.511. The molecule has 1 saturated carbocycles. The third kappa shape index (κ3) is 7.20. The zero-order chi connectivity index (χ0) is 12.2. The van der Waals surface area contributed by atoms with Gasteiger partial charge in [-0.15, -0.1) is 0 Å². The summed E-state index contributed by atoms with van der Waals surface area (Å²) in [4.78, 5) is 0. The van der Waals surface area contributed by atoms with E-state index in [1.165, 1.54) is 19.3 Å². The van der Waals surface area contributed by atoms with Crippen molar-refractivity contribution in [2.45, 2.75) is 64.7 Å². The van der Waals surface area contributed by atoms with E-state index in [1.54, 1.807) is 0 Å². The highest BCUT2D eigenvalue weighted by atomic mass is 16.5. The van der Waals surface area contributed by atoms with Gasteiger partial charge in [0.2, 0.25) is 0 Å². The Hall–Kier alpha value is -0.120. The predicted octanol–water partition coefficient (Wildman–Crippen LogP) is 1.94. The molecule has 96 valence electrons. The second-order valence-corrected chi connectivity index (χ2v) is 6.07. The van der Waals surface area contributed by atoms with Crippen molar-refractivity contribution >= 4 is 0 Å². The van der Waals surface area contributed by atoms with E-state index in [0.29, 0.717) is 19.2 Å². The fourth-order valence-corrected chi connectivity index (χ4v) is 1.68. The Kier molecular flexibility index (Phi) is 5.22. The minimum absolute atomic E-state index is 0.166. The Bertz CT molecular complexity index is 197. The summed E-state index contributed by atoms with van der Waals surface area (Å²) in [5, 5.41) is 13.1. The van der Waals surface area contributed by atoms with Gasteiger partial charge in [0.05, 0.1) is 18.3 Å². The summed E-state index contributed by atoms with van der Waals surface area (Å²) in [7, 11) is 0. The van der Waals surface area contributed by atoms with E-state index in [1.807, 2.05) is 20.8 Å². The smallest absolute Gasteiger partial charge is 0.0898 e. The van der Waals surface area contributed by atoms with Crippen LogP contribution in [0.5, 0.6) is 0 Å². The maximum atomic E-state index is 9.72. The van der Waals surface area contributed by atoms with Crippen molar-refractivity contribution in [1.82, 2.24) is 5.32 Å². The maximum absolute atomic E-state index is 9.72. The van der Waals surface area contributed by atoms with E-state index in [0.717, 1.165) is 5.92 Å². The first-order valence-corrected chi connectivity index (χ1v) is 6.42. The lowest BCUT2D eigenvalue weighted by atomic mass is 10.1. The van der Waals surface area contributed by atoms with Crippen LogP contribution in [0.3, 0.4) is 0 Å². The maximum Gasteiger partial charge on any atom is 0.0898 e. The van der Waals surface area contributed by atoms with Gasteiger partial charge in [-0.1, -0.05) is 12.8 Å².